The Kier molecular flexibility index (Phi) is 3.58. The maximum absolute atomic E-state index is 13.2. The predicted octanol–water partition coefficient (Wildman–Crippen LogP) is 4.30. The molecule has 1 aromatic carbocycles. The molecule has 0 spiro atoms. The first-order valence-electron chi connectivity index (χ1n) is 7.23. The zero-order valence-corrected chi connectivity index (χ0v) is 13.1. The largest absolute Gasteiger partial charge is 0.347 e. The Bertz CT molecular complexity index is 675. The van der Waals surface area contributed by atoms with Crippen LogP contribution in [0, 0.1) is 11.2 Å². The fraction of sp³-hybridized carbons (Fsp3) is 0.412. The Morgan fingerprint density at radius 3 is 2.86 bits per heavy atom. The molecule has 2 nitrogen and oxygen atoms in total. The molecule has 2 N–H and O–H groups in total. The summed E-state index contributed by atoms with van der Waals surface area (Å²) in [4.78, 5) is 0. The second-order valence-corrected chi connectivity index (χ2v) is 7.15. The van der Waals surface area contributed by atoms with Gasteiger partial charge in [-0.2, -0.15) is 0 Å². The molecule has 1 heterocycles. The summed E-state index contributed by atoms with van der Waals surface area (Å²) in [5.74, 6) is -0.377. The van der Waals surface area contributed by atoms with E-state index in [-0.39, 0.29) is 22.3 Å². The molecule has 0 saturated heterocycles. The van der Waals surface area contributed by atoms with Crippen molar-refractivity contribution < 1.29 is 4.39 Å². The summed E-state index contributed by atoms with van der Waals surface area (Å²) >= 11 is 5.86. The molecule has 1 aromatic heterocycles. The van der Waals surface area contributed by atoms with E-state index in [1.54, 1.807) is 12.1 Å². The first-order chi connectivity index (χ1) is 9.85. The van der Waals surface area contributed by atoms with Crippen molar-refractivity contribution in [2.24, 2.45) is 11.1 Å². The SMILES string of the molecule is CC1(C)Cc2c(ccn2Cc2ccc(F)c(Cl)c2)C(N)C1. The number of fused-ring (bicyclic) bond motifs is 1. The first-order valence-corrected chi connectivity index (χ1v) is 7.61. The minimum atomic E-state index is -0.377. The van der Waals surface area contributed by atoms with Crippen molar-refractivity contribution in [2.75, 3.05) is 0 Å². The van der Waals surface area contributed by atoms with Gasteiger partial charge in [0.1, 0.15) is 5.82 Å². The highest BCUT2D eigenvalue weighted by molar-refractivity contribution is 6.30. The van der Waals surface area contributed by atoms with Crippen LogP contribution in [0.2, 0.25) is 5.02 Å². The molecule has 0 radical (unpaired) electrons. The van der Waals surface area contributed by atoms with Crippen LogP contribution in [0.15, 0.2) is 30.5 Å². The van der Waals surface area contributed by atoms with Crippen LogP contribution in [0.3, 0.4) is 0 Å². The number of rotatable bonds is 2. The third-order valence-electron chi connectivity index (χ3n) is 4.27. The highest BCUT2D eigenvalue weighted by atomic mass is 35.5. The summed E-state index contributed by atoms with van der Waals surface area (Å²) < 4.78 is 15.5. The maximum Gasteiger partial charge on any atom is 0.141 e. The summed E-state index contributed by atoms with van der Waals surface area (Å²) in [6.45, 7) is 5.20. The van der Waals surface area contributed by atoms with Gasteiger partial charge in [0.05, 0.1) is 5.02 Å². The topological polar surface area (TPSA) is 30.9 Å². The minimum absolute atomic E-state index is 0.0989. The number of halogens is 2. The van der Waals surface area contributed by atoms with E-state index in [0.717, 1.165) is 18.4 Å². The van der Waals surface area contributed by atoms with Crippen LogP contribution in [0.4, 0.5) is 4.39 Å². The number of hydrogen-bond acceptors (Lipinski definition) is 1. The Hall–Kier alpha value is -1.32. The molecular formula is C17H20ClFN2. The zero-order chi connectivity index (χ0) is 15.2. The lowest BCUT2D eigenvalue weighted by molar-refractivity contribution is 0.276. The van der Waals surface area contributed by atoms with E-state index in [4.69, 9.17) is 17.3 Å². The van der Waals surface area contributed by atoms with E-state index >= 15 is 0 Å². The number of aromatic nitrogens is 1. The highest BCUT2D eigenvalue weighted by Crippen LogP contribution is 2.40. The molecule has 0 amide bonds. The molecule has 3 rings (SSSR count). The fourth-order valence-corrected chi connectivity index (χ4v) is 3.48. The van der Waals surface area contributed by atoms with Crippen molar-refractivity contribution in [3.63, 3.8) is 0 Å². The molecule has 0 fully saturated rings. The quantitative estimate of drug-likeness (QED) is 0.881. The van der Waals surface area contributed by atoms with Crippen molar-refractivity contribution in [2.45, 2.75) is 39.3 Å². The van der Waals surface area contributed by atoms with Gasteiger partial charge in [0.2, 0.25) is 0 Å². The molecule has 1 aliphatic rings. The van der Waals surface area contributed by atoms with Gasteiger partial charge in [0.25, 0.3) is 0 Å². The Balaban J connectivity index is 1.92. The minimum Gasteiger partial charge on any atom is -0.347 e. The third-order valence-corrected chi connectivity index (χ3v) is 4.56. The van der Waals surface area contributed by atoms with Gasteiger partial charge in [-0.3, -0.25) is 0 Å². The van der Waals surface area contributed by atoms with E-state index in [2.05, 4.69) is 30.7 Å². The second-order valence-electron chi connectivity index (χ2n) is 6.75. The van der Waals surface area contributed by atoms with E-state index in [0.29, 0.717) is 6.54 Å². The second kappa shape index (κ2) is 5.15. The number of nitrogens with zero attached hydrogens (tertiary/aromatic N) is 1. The van der Waals surface area contributed by atoms with Crippen LogP contribution in [0.1, 0.15) is 43.1 Å². The van der Waals surface area contributed by atoms with Gasteiger partial charge in [0, 0.05) is 24.5 Å². The standard InChI is InChI=1S/C17H20ClFN2/c1-17(2)8-15(20)12-5-6-21(16(12)9-17)10-11-3-4-14(19)13(18)7-11/h3-7,15H,8-10,20H2,1-2H3. The monoisotopic (exact) mass is 306 g/mol. The van der Waals surface area contributed by atoms with Crippen LogP contribution >= 0.6 is 11.6 Å². The molecular weight excluding hydrogens is 287 g/mol. The Labute approximate surface area is 129 Å². The third kappa shape index (κ3) is 2.85. The molecule has 1 unspecified atom stereocenters. The van der Waals surface area contributed by atoms with Crippen molar-refractivity contribution in [1.82, 2.24) is 4.57 Å². The van der Waals surface area contributed by atoms with Gasteiger partial charge < -0.3 is 10.3 Å². The van der Waals surface area contributed by atoms with Gasteiger partial charge in [-0.25, -0.2) is 4.39 Å². The average Bonchev–Trinajstić information content (AvgIpc) is 2.76. The molecule has 0 aliphatic heterocycles. The molecule has 1 aliphatic carbocycles. The van der Waals surface area contributed by atoms with Crippen LogP contribution in [-0.2, 0) is 13.0 Å². The van der Waals surface area contributed by atoms with Crippen molar-refractivity contribution in [3.05, 3.63) is 58.1 Å². The summed E-state index contributed by atoms with van der Waals surface area (Å²) in [6, 6.07) is 7.10. The van der Waals surface area contributed by atoms with E-state index in [1.165, 1.54) is 17.3 Å². The lowest BCUT2D eigenvalue weighted by Gasteiger charge is -2.34. The average molecular weight is 307 g/mol. The van der Waals surface area contributed by atoms with Crippen LogP contribution in [0.5, 0.6) is 0 Å². The lowest BCUT2D eigenvalue weighted by Crippen LogP contribution is -2.30. The van der Waals surface area contributed by atoms with Gasteiger partial charge in [-0.1, -0.05) is 31.5 Å². The first kappa shape index (κ1) is 14.6. The van der Waals surface area contributed by atoms with Gasteiger partial charge >= 0.3 is 0 Å². The summed E-state index contributed by atoms with van der Waals surface area (Å²) in [6.07, 6.45) is 4.09. The van der Waals surface area contributed by atoms with Crippen LogP contribution in [0.25, 0.3) is 0 Å². The van der Waals surface area contributed by atoms with Crippen LogP contribution in [-0.4, -0.2) is 4.57 Å². The number of benzene rings is 1. The van der Waals surface area contributed by atoms with Gasteiger partial charge in [-0.15, -0.1) is 0 Å². The van der Waals surface area contributed by atoms with Gasteiger partial charge in [-0.05, 0) is 47.6 Å². The lowest BCUT2D eigenvalue weighted by atomic mass is 9.74. The molecule has 0 saturated carbocycles. The maximum atomic E-state index is 13.2. The molecule has 0 bridgehead atoms. The highest BCUT2D eigenvalue weighted by Gasteiger charge is 2.32. The van der Waals surface area contributed by atoms with Crippen LogP contribution < -0.4 is 5.73 Å². The smallest absolute Gasteiger partial charge is 0.141 e. The number of nitrogens with two attached hydrogens (primary N) is 1. The summed E-state index contributed by atoms with van der Waals surface area (Å²) in [7, 11) is 0. The van der Waals surface area contributed by atoms with E-state index < -0.39 is 0 Å². The Morgan fingerprint density at radius 2 is 2.14 bits per heavy atom. The molecule has 21 heavy (non-hydrogen) atoms. The predicted molar refractivity (Wildman–Crippen MR) is 84.0 cm³/mol. The molecule has 2 aromatic rings. The van der Waals surface area contributed by atoms with E-state index in [9.17, 15) is 4.39 Å². The summed E-state index contributed by atoms with van der Waals surface area (Å²) in [5, 5.41) is 0.172. The molecule has 1 atom stereocenters. The summed E-state index contributed by atoms with van der Waals surface area (Å²) in [5.41, 5.74) is 10.0. The fourth-order valence-electron chi connectivity index (χ4n) is 3.28. The Morgan fingerprint density at radius 1 is 1.38 bits per heavy atom. The van der Waals surface area contributed by atoms with E-state index in [1.807, 2.05) is 0 Å². The zero-order valence-electron chi connectivity index (χ0n) is 12.4. The number of hydrogen-bond donors (Lipinski definition) is 1. The van der Waals surface area contributed by atoms with Gasteiger partial charge in [0.15, 0.2) is 0 Å². The molecule has 112 valence electrons. The molecule has 4 heteroatoms. The van der Waals surface area contributed by atoms with Crippen molar-refractivity contribution >= 4 is 11.6 Å². The van der Waals surface area contributed by atoms with Crippen molar-refractivity contribution in [3.8, 4) is 0 Å². The normalized spacial score (nSPS) is 20.3. The van der Waals surface area contributed by atoms with Crippen molar-refractivity contribution in [1.29, 1.82) is 0 Å².